The molecule has 3 N–H and O–H groups in total. The zero-order chi connectivity index (χ0) is 26.1. The minimum Gasteiger partial charge on any atom is -0.409 e. The molecule has 3 aromatic rings. The fourth-order valence-corrected chi connectivity index (χ4v) is 3.18. The minimum absolute atomic E-state index is 0.00458. The molecule has 0 fully saturated rings. The molecule has 0 aliphatic rings. The fraction of sp³-hybridized carbons (Fsp3) is 0.250. The van der Waals surface area contributed by atoms with E-state index in [0.717, 1.165) is 0 Å². The van der Waals surface area contributed by atoms with E-state index in [2.05, 4.69) is 25.3 Å². The maximum atomic E-state index is 12.9. The summed E-state index contributed by atoms with van der Waals surface area (Å²) in [5.74, 6) is -1.50. The Hall–Kier alpha value is -3.48. The second-order valence-electron chi connectivity index (χ2n) is 7.49. The minimum atomic E-state index is -1.96. The Morgan fingerprint density at radius 2 is 1.60 bits per heavy atom. The standard InChI is InChI=1S/C20H19Cl3N8O4/c1-30(2)17(28-34)12-8-6-10(18(33)31(3)4)14(26-12)13-9(15(24)32)5-7-11(25-13)16-27-19(35-29-16)20(21,22)23/h5-8,34H,1-4H3,(H2,24,32)/b28-17-. The topological polar surface area (TPSA) is 164 Å². The highest BCUT2D eigenvalue weighted by Crippen LogP contribution is 2.37. The van der Waals surface area contributed by atoms with Gasteiger partial charge in [-0.15, -0.1) is 0 Å². The van der Waals surface area contributed by atoms with Gasteiger partial charge < -0.3 is 25.3 Å². The number of hydrogen-bond donors (Lipinski definition) is 2. The Morgan fingerprint density at radius 3 is 2.11 bits per heavy atom. The summed E-state index contributed by atoms with van der Waals surface area (Å²) in [6.07, 6.45) is 0. The van der Waals surface area contributed by atoms with Crippen molar-refractivity contribution in [2.24, 2.45) is 10.9 Å². The Bertz CT molecular complexity index is 1320. The highest BCUT2D eigenvalue weighted by Gasteiger charge is 2.31. The normalized spacial score (nSPS) is 11.9. The van der Waals surface area contributed by atoms with Crippen LogP contribution < -0.4 is 5.73 Å². The number of aromatic nitrogens is 4. The van der Waals surface area contributed by atoms with Gasteiger partial charge in [0.1, 0.15) is 22.8 Å². The van der Waals surface area contributed by atoms with Crippen molar-refractivity contribution in [3.05, 3.63) is 47.0 Å². The van der Waals surface area contributed by atoms with Crippen LogP contribution in [0.1, 0.15) is 32.3 Å². The van der Waals surface area contributed by atoms with E-state index in [0.29, 0.717) is 0 Å². The zero-order valence-electron chi connectivity index (χ0n) is 18.8. The smallest absolute Gasteiger partial charge is 0.279 e. The van der Waals surface area contributed by atoms with Gasteiger partial charge in [0.25, 0.3) is 21.5 Å². The van der Waals surface area contributed by atoms with Crippen LogP contribution in [0.5, 0.6) is 0 Å². The Balaban J connectivity index is 2.31. The molecule has 0 aromatic carbocycles. The van der Waals surface area contributed by atoms with E-state index in [1.807, 2.05) is 0 Å². The van der Waals surface area contributed by atoms with Crippen molar-refractivity contribution in [1.82, 2.24) is 29.9 Å². The number of pyridine rings is 2. The van der Waals surface area contributed by atoms with Crippen LogP contribution in [0, 0.1) is 0 Å². The first-order valence-corrected chi connectivity index (χ1v) is 10.8. The molecule has 184 valence electrons. The van der Waals surface area contributed by atoms with Crippen LogP contribution in [0.2, 0.25) is 0 Å². The third-order valence-electron chi connectivity index (χ3n) is 4.56. The number of oxime groups is 1. The van der Waals surface area contributed by atoms with Gasteiger partial charge in [-0.3, -0.25) is 9.59 Å². The number of halogens is 3. The van der Waals surface area contributed by atoms with Crippen molar-refractivity contribution in [2.45, 2.75) is 3.79 Å². The van der Waals surface area contributed by atoms with Crippen LogP contribution in [0.25, 0.3) is 22.9 Å². The molecule has 3 heterocycles. The number of amides is 2. The van der Waals surface area contributed by atoms with Crippen molar-refractivity contribution < 1.29 is 19.3 Å². The lowest BCUT2D eigenvalue weighted by Crippen LogP contribution is -2.27. The van der Waals surface area contributed by atoms with Gasteiger partial charge in [0.05, 0.1) is 11.1 Å². The van der Waals surface area contributed by atoms with Crippen molar-refractivity contribution in [1.29, 1.82) is 0 Å². The van der Waals surface area contributed by atoms with Crippen molar-refractivity contribution in [3.8, 4) is 22.9 Å². The Labute approximate surface area is 214 Å². The number of amidine groups is 1. The first-order valence-electron chi connectivity index (χ1n) is 9.70. The number of hydrogen-bond acceptors (Lipinski definition) is 9. The number of nitrogens with zero attached hydrogens (tertiary/aromatic N) is 7. The molecular formula is C20H19Cl3N8O4. The summed E-state index contributed by atoms with van der Waals surface area (Å²) in [6, 6.07) is 5.75. The van der Waals surface area contributed by atoms with Gasteiger partial charge in [-0.05, 0) is 24.3 Å². The first-order chi connectivity index (χ1) is 16.3. The molecule has 2 amide bonds. The van der Waals surface area contributed by atoms with E-state index in [1.165, 1.54) is 34.1 Å². The average Bonchev–Trinajstić information content (AvgIpc) is 3.29. The van der Waals surface area contributed by atoms with Crippen LogP contribution in [-0.4, -0.2) is 81.0 Å². The van der Waals surface area contributed by atoms with Gasteiger partial charge in [0.2, 0.25) is 5.82 Å². The van der Waals surface area contributed by atoms with Gasteiger partial charge in [0.15, 0.2) is 5.84 Å². The van der Waals surface area contributed by atoms with Crippen molar-refractivity contribution in [2.75, 3.05) is 28.2 Å². The number of nitrogens with two attached hydrogens (primary N) is 1. The molecule has 0 aliphatic heterocycles. The molecule has 0 aliphatic carbocycles. The molecule has 0 bridgehead atoms. The highest BCUT2D eigenvalue weighted by atomic mass is 35.6. The van der Waals surface area contributed by atoms with E-state index in [1.54, 1.807) is 28.2 Å². The molecule has 12 nitrogen and oxygen atoms in total. The number of carbonyl (C=O) groups is 2. The zero-order valence-corrected chi connectivity index (χ0v) is 21.1. The predicted octanol–water partition coefficient (Wildman–Crippen LogP) is 2.52. The van der Waals surface area contributed by atoms with Gasteiger partial charge in [-0.2, -0.15) is 4.98 Å². The number of carbonyl (C=O) groups excluding carboxylic acids is 2. The van der Waals surface area contributed by atoms with E-state index in [4.69, 9.17) is 45.1 Å². The molecule has 0 saturated carbocycles. The van der Waals surface area contributed by atoms with Gasteiger partial charge in [-0.25, -0.2) is 9.97 Å². The Morgan fingerprint density at radius 1 is 0.971 bits per heavy atom. The summed E-state index contributed by atoms with van der Waals surface area (Å²) in [6.45, 7) is 0. The lowest BCUT2D eigenvalue weighted by molar-refractivity contribution is 0.0827. The molecular weight excluding hydrogens is 523 g/mol. The molecule has 3 rings (SSSR count). The molecule has 0 spiro atoms. The summed E-state index contributed by atoms with van der Waals surface area (Å²) in [5, 5.41) is 16.5. The second-order valence-corrected chi connectivity index (χ2v) is 9.77. The van der Waals surface area contributed by atoms with Crippen molar-refractivity contribution >= 4 is 52.5 Å². The number of alkyl halides is 3. The monoisotopic (exact) mass is 540 g/mol. The lowest BCUT2D eigenvalue weighted by atomic mass is 10.0. The van der Waals surface area contributed by atoms with E-state index in [-0.39, 0.29) is 51.5 Å². The Kier molecular flexibility index (Phi) is 7.48. The molecule has 3 aromatic heterocycles. The first kappa shape index (κ1) is 26.1. The summed E-state index contributed by atoms with van der Waals surface area (Å²) in [4.78, 5) is 41.0. The highest BCUT2D eigenvalue weighted by molar-refractivity contribution is 6.66. The number of primary amides is 1. The van der Waals surface area contributed by atoms with E-state index in [9.17, 15) is 14.8 Å². The van der Waals surface area contributed by atoms with E-state index < -0.39 is 15.6 Å². The molecule has 0 unspecified atom stereocenters. The average molecular weight is 542 g/mol. The third-order valence-corrected chi connectivity index (χ3v) is 5.05. The van der Waals surface area contributed by atoms with Crippen LogP contribution in [0.15, 0.2) is 33.9 Å². The summed E-state index contributed by atoms with van der Waals surface area (Å²) >= 11 is 17.4. The van der Waals surface area contributed by atoms with Crippen LogP contribution >= 0.6 is 34.8 Å². The predicted molar refractivity (Wildman–Crippen MR) is 129 cm³/mol. The molecule has 15 heteroatoms. The quantitative estimate of drug-likeness (QED) is 0.162. The summed E-state index contributed by atoms with van der Waals surface area (Å²) in [7, 11) is 6.39. The molecule has 35 heavy (non-hydrogen) atoms. The van der Waals surface area contributed by atoms with Crippen molar-refractivity contribution in [3.63, 3.8) is 0 Å². The third kappa shape index (κ3) is 5.45. The second kappa shape index (κ2) is 10.0. The van der Waals surface area contributed by atoms with Gasteiger partial charge in [-0.1, -0.05) is 45.1 Å². The molecule has 0 saturated heterocycles. The van der Waals surface area contributed by atoms with E-state index >= 15 is 0 Å². The lowest BCUT2D eigenvalue weighted by Gasteiger charge is -2.18. The molecule has 0 atom stereocenters. The van der Waals surface area contributed by atoms with Gasteiger partial charge in [0, 0.05) is 28.2 Å². The summed E-state index contributed by atoms with van der Waals surface area (Å²) in [5.41, 5.74) is 5.93. The largest absolute Gasteiger partial charge is 0.409 e. The maximum absolute atomic E-state index is 12.9. The summed E-state index contributed by atoms with van der Waals surface area (Å²) < 4.78 is 3.01. The van der Waals surface area contributed by atoms with Crippen LogP contribution in [0.4, 0.5) is 0 Å². The van der Waals surface area contributed by atoms with Crippen LogP contribution in [0.3, 0.4) is 0 Å². The SMILES string of the molecule is CN(C)C(=O)c1ccc(/C(=N/O)N(C)C)nc1-c1nc(-c2noc(C(Cl)(Cl)Cl)n2)ccc1C(N)=O. The molecule has 0 radical (unpaired) electrons. The maximum Gasteiger partial charge on any atom is 0.279 e. The van der Waals surface area contributed by atoms with Gasteiger partial charge >= 0.3 is 0 Å². The number of rotatable bonds is 5. The fourth-order valence-electron chi connectivity index (χ4n) is 2.95. The van der Waals surface area contributed by atoms with Crippen LogP contribution in [-0.2, 0) is 3.79 Å².